The van der Waals surface area contributed by atoms with Gasteiger partial charge in [0.1, 0.15) is 0 Å². The predicted molar refractivity (Wildman–Crippen MR) is 96.6 cm³/mol. The quantitative estimate of drug-likeness (QED) is 0.349. The molecule has 0 fully saturated rings. The summed E-state index contributed by atoms with van der Waals surface area (Å²) in [6.07, 6.45) is 1.11. The average molecular weight is 315 g/mol. The van der Waals surface area contributed by atoms with E-state index in [1.807, 2.05) is 0 Å². The van der Waals surface area contributed by atoms with E-state index in [1.54, 1.807) is 7.05 Å². The lowest BCUT2D eigenvalue weighted by Gasteiger charge is -2.30. The van der Waals surface area contributed by atoms with Crippen molar-refractivity contribution in [1.29, 1.82) is 0 Å². The summed E-state index contributed by atoms with van der Waals surface area (Å²) in [5, 5.41) is 6.64. The Morgan fingerprint density at radius 2 is 1.59 bits per heavy atom. The van der Waals surface area contributed by atoms with Gasteiger partial charge in [0.05, 0.1) is 6.61 Å². The highest BCUT2D eigenvalue weighted by atomic mass is 16.5. The maximum atomic E-state index is 5.55. The fraction of sp³-hybridized carbons (Fsp3) is 0.941. The van der Waals surface area contributed by atoms with Crippen molar-refractivity contribution in [3.05, 3.63) is 0 Å². The summed E-state index contributed by atoms with van der Waals surface area (Å²) in [4.78, 5) is 6.74. The van der Waals surface area contributed by atoms with Crippen LogP contribution in [0, 0.1) is 5.92 Å². The third-order valence-corrected chi connectivity index (χ3v) is 3.43. The second-order valence-corrected chi connectivity index (χ2v) is 6.67. The predicted octanol–water partition coefficient (Wildman–Crippen LogP) is 2.33. The normalized spacial score (nSPS) is 12.8. The third kappa shape index (κ3) is 10.9. The molecule has 0 atom stereocenters. The smallest absolute Gasteiger partial charge is 0.191 e. The van der Waals surface area contributed by atoms with E-state index in [4.69, 9.17) is 4.74 Å². The second-order valence-electron chi connectivity index (χ2n) is 6.67. The van der Waals surface area contributed by atoms with Crippen molar-refractivity contribution in [2.75, 3.05) is 39.9 Å². The molecule has 0 aromatic rings. The number of rotatable bonds is 11. The van der Waals surface area contributed by atoms with Gasteiger partial charge < -0.3 is 15.4 Å². The van der Waals surface area contributed by atoms with E-state index in [-0.39, 0.29) is 0 Å². The number of hydrogen-bond donors (Lipinski definition) is 2. The van der Waals surface area contributed by atoms with Crippen LogP contribution >= 0.6 is 0 Å². The fourth-order valence-corrected chi connectivity index (χ4v) is 2.36. The molecule has 0 amide bonds. The molecule has 0 saturated carbocycles. The van der Waals surface area contributed by atoms with E-state index in [9.17, 15) is 0 Å². The van der Waals surface area contributed by atoms with Gasteiger partial charge in [0.25, 0.3) is 0 Å². The molecule has 0 rings (SSSR count). The van der Waals surface area contributed by atoms with Crippen molar-refractivity contribution >= 4 is 5.96 Å². The van der Waals surface area contributed by atoms with Crippen molar-refractivity contribution < 1.29 is 4.74 Å². The Morgan fingerprint density at radius 1 is 1.00 bits per heavy atom. The molecule has 22 heavy (non-hydrogen) atoms. The number of hydrogen-bond acceptors (Lipinski definition) is 3. The van der Waals surface area contributed by atoms with Crippen LogP contribution in [0.3, 0.4) is 0 Å². The maximum absolute atomic E-state index is 5.55. The molecule has 2 N–H and O–H groups in total. The highest BCUT2D eigenvalue weighted by molar-refractivity contribution is 5.79. The first-order valence-electron chi connectivity index (χ1n) is 8.66. The largest absolute Gasteiger partial charge is 0.379 e. The van der Waals surface area contributed by atoms with Crippen molar-refractivity contribution in [3.63, 3.8) is 0 Å². The van der Waals surface area contributed by atoms with E-state index in [1.165, 1.54) is 0 Å². The van der Waals surface area contributed by atoms with Crippen LogP contribution in [-0.4, -0.2) is 62.8 Å². The summed E-state index contributed by atoms with van der Waals surface area (Å²) < 4.78 is 5.55. The topological polar surface area (TPSA) is 48.9 Å². The molecule has 0 aliphatic rings. The molecule has 0 saturated heterocycles. The molecule has 0 aromatic heterocycles. The van der Waals surface area contributed by atoms with Gasteiger partial charge in [0.2, 0.25) is 0 Å². The molecular weight excluding hydrogens is 276 g/mol. The second kappa shape index (κ2) is 12.7. The van der Waals surface area contributed by atoms with Gasteiger partial charge in [-0.25, -0.2) is 0 Å². The summed E-state index contributed by atoms with van der Waals surface area (Å²) in [5.74, 6) is 1.44. The molecule has 0 spiro atoms. The molecule has 0 aromatic carbocycles. The van der Waals surface area contributed by atoms with Gasteiger partial charge in [0.15, 0.2) is 5.96 Å². The first kappa shape index (κ1) is 21.2. The average Bonchev–Trinajstić information content (AvgIpc) is 2.43. The molecule has 0 aliphatic carbocycles. The third-order valence-electron chi connectivity index (χ3n) is 3.43. The van der Waals surface area contributed by atoms with Gasteiger partial charge in [-0.05, 0) is 40.0 Å². The Morgan fingerprint density at radius 3 is 2.09 bits per heavy atom. The molecule has 5 heteroatoms. The standard InChI is InChI=1S/C17H38N4O/c1-14(2)13-22-12-10-20-17(18-7)19-9-8-11-21(15(3)4)16(5)6/h14-16H,8-13H2,1-7H3,(H2,18,19,20). The van der Waals surface area contributed by atoms with E-state index in [2.05, 4.69) is 62.1 Å². The molecule has 0 unspecified atom stereocenters. The molecule has 5 nitrogen and oxygen atoms in total. The minimum atomic E-state index is 0.585. The van der Waals surface area contributed by atoms with Gasteiger partial charge >= 0.3 is 0 Å². The van der Waals surface area contributed by atoms with E-state index in [0.29, 0.717) is 24.6 Å². The highest BCUT2D eigenvalue weighted by Crippen LogP contribution is 2.05. The van der Waals surface area contributed by atoms with Crippen LogP contribution in [0.4, 0.5) is 0 Å². The highest BCUT2D eigenvalue weighted by Gasteiger charge is 2.12. The van der Waals surface area contributed by atoms with Crippen LogP contribution in [0.15, 0.2) is 4.99 Å². The van der Waals surface area contributed by atoms with Crippen LogP contribution in [0.25, 0.3) is 0 Å². The summed E-state index contributed by atoms with van der Waals surface area (Å²) >= 11 is 0. The van der Waals surface area contributed by atoms with Crippen LogP contribution in [0.5, 0.6) is 0 Å². The molecule has 0 bridgehead atoms. The Balaban J connectivity index is 3.78. The first-order valence-corrected chi connectivity index (χ1v) is 8.66. The zero-order valence-electron chi connectivity index (χ0n) is 15.8. The summed E-state index contributed by atoms with van der Waals surface area (Å²) in [5.41, 5.74) is 0. The Bertz CT molecular complexity index is 282. The SMILES string of the molecule is CN=C(NCCCN(C(C)C)C(C)C)NCCOCC(C)C. The number of nitrogens with zero attached hydrogens (tertiary/aromatic N) is 2. The minimum absolute atomic E-state index is 0.585. The van der Waals surface area contributed by atoms with Crippen molar-refractivity contribution in [2.45, 2.75) is 60.0 Å². The number of nitrogens with one attached hydrogen (secondary N) is 2. The van der Waals surface area contributed by atoms with Crippen LogP contribution in [0.2, 0.25) is 0 Å². The van der Waals surface area contributed by atoms with E-state index in [0.717, 1.165) is 38.6 Å². The summed E-state index contributed by atoms with van der Waals surface area (Å²) in [6.45, 7) is 17.7. The monoisotopic (exact) mass is 314 g/mol. The maximum Gasteiger partial charge on any atom is 0.191 e. The fourth-order valence-electron chi connectivity index (χ4n) is 2.36. The van der Waals surface area contributed by atoms with E-state index >= 15 is 0 Å². The van der Waals surface area contributed by atoms with Crippen LogP contribution < -0.4 is 10.6 Å². The lowest BCUT2D eigenvalue weighted by atomic mass is 10.2. The zero-order valence-corrected chi connectivity index (χ0v) is 15.8. The minimum Gasteiger partial charge on any atom is -0.379 e. The van der Waals surface area contributed by atoms with Gasteiger partial charge in [-0.3, -0.25) is 9.89 Å². The zero-order chi connectivity index (χ0) is 17.0. The van der Waals surface area contributed by atoms with E-state index < -0.39 is 0 Å². The lowest BCUT2D eigenvalue weighted by molar-refractivity contribution is 0.114. The lowest BCUT2D eigenvalue weighted by Crippen LogP contribution is -2.42. The van der Waals surface area contributed by atoms with Crippen molar-refractivity contribution in [2.24, 2.45) is 10.9 Å². The Kier molecular flexibility index (Phi) is 12.2. The van der Waals surface area contributed by atoms with Gasteiger partial charge in [-0.1, -0.05) is 13.8 Å². The summed E-state index contributed by atoms with van der Waals surface area (Å²) in [7, 11) is 1.80. The number of ether oxygens (including phenoxy) is 1. The van der Waals surface area contributed by atoms with Crippen LogP contribution in [0.1, 0.15) is 48.0 Å². The Hall–Kier alpha value is -0.810. The van der Waals surface area contributed by atoms with Gasteiger partial charge in [-0.2, -0.15) is 0 Å². The summed E-state index contributed by atoms with van der Waals surface area (Å²) in [6, 6.07) is 1.19. The number of aliphatic imine (C=N–C) groups is 1. The molecular formula is C17H38N4O. The Labute approximate surface area is 137 Å². The van der Waals surface area contributed by atoms with Gasteiger partial charge in [-0.15, -0.1) is 0 Å². The number of guanidine groups is 1. The van der Waals surface area contributed by atoms with Gasteiger partial charge in [0, 0.05) is 45.4 Å². The molecule has 0 radical (unpaired) electrons. The first-order chi connectivity index (χ1) is 10.4. The van der Waals surface area contributed by atoms with Crippen molar-refractivity contribution in [3.8, 4) is 0 Å². The molecule has 0 heterocycles. The van der Waals surface area contributed by atoms with Crippen LogP contribution in [-0.2, 0) is 4.74 Å². The molecule has 0 aliphatic heterocycles. The van der Waals surface area contributed by atoms with Crippen molar-refractivity contribution in [1.82, 2.24) is 15.5 Å². The molecule has 132 valence electrons.